The van der Waals surface area contributed by atoms with Crippen LogP contribution in [0.2, 0.25) is 5.02 Å². The van der Waals surface area contributed by atoms with Gasteiger partial charge in [-0.25, -0.2) is 0 Å². The van der Waals surface area contributed by atoms with E-state index in [1.54, 1.807) is 19.1 Å². The number of carbonyl (C=O) groups is 1. The van der Waals surface area contributed by atoms with Crippen LogP contribution in [-0.4, -0.2) is 16.8 Å². The van der Waals surface area contributed by atoms with Crippen LogP contribution in [0.1, 0.15) is 22.8 Å². The molecule has 22 heavy (non-hydrogen) atoms. The molecule has 2 aromatic carbocycles. The minimum atomic E-state index is -0.748. The molecule has 0 radical (unpaired) electrons. The topological polar surface area (TPSA) is 69.4 Å². The summed E-state index contributed by atoms with van der Waals surface area (Å²) in [5.41, 5.74) is 1.47. The Labute approximate surface area is 132 Å². The number of nitro benzene ring substituents is 1. The summed E-state index contributed by atoms with van der Waals surface area (Å²) < 4.78 is 5.52. The Hall–Kier alpha value is -2.40. The Kier molecular flexibility index (Phi) is 4.78. The molecule has 0 aliphatic rings. The molecule has 0 unspecified atom stereocenters. The molecule has 0 heterocycles. The zero-order valence-electron chi connectivity index (χ0n) is 12.1. The summed E-state index contributed by atoms with van der Waals surface area (Å²) in [5, 5.41) is 10.8. The zero-order chi connectivity index (χ0) is 16.3. The van der Waals surface area contributed by atoms with Crippen molar-refractivity contribution in [2.24, 2.45) is 0 Å². The Balaban J connectivity index is 2.14. The molecule has 2 aromatic rings. The molecule has 0 bridgehead atoms. The van der Waals surface area contributed by atoms with E-state index in [-0.39, 0.29) is 22.2 Å². The van der Waals surface area contributed by atoms with Crippen LogP contribution in [0.4, 0.5) is 5.69 Å². The number of hydrogen-bond donors (Lipinski definition) is 0. The van der Waals surface area contributed by atoms with Crippen LogP contribution < -0.4 is 4.74 Å². The zero-order valence-corrected chi connectivity index (χ0v) is 12.8. The quantitative estimate of drug-likeness (QED) is 0.470. The second kappa shape index (κ2) is 6.58. The first kappa shape index (κ1) is 16.0. The largest absolute Gasteiger partial charge is 0.481 e. The molecule has 2 rings (SSSR count). The molecular weight excluding hydrogens is 306 g/mol. The Morgan fingerprint density at radius 3 is 2.41 bits per heavy atom. The summed E-state index contributed by atoms with van der Waals surface area (Å²) >= 11 is 5.95. The molecule has 114 valence electrons. The monoisotopic (exact) mass is 319 g/mol. The van der Waals surface area contributed by atoms with Gasteiger partial charge in [0, 0.05) is 17.7 Å². The maximum atomic E-state index is 12.3. The van der Waals surface area contributed by atoms with E-state index in [1.807, 2.05) is 19.1 Å². The molecule has 0 amide bonds. The van der Waals surface area contributed by atoms with E-state index in [1.165, 1.54) is 18.2 Å². The van der Waals surface area contributed by atoms with Gasteiger partial charge in [0.25, 0.3) is 5.69 Å². The van der Waals surface area contributed by atoms with Gasteiger partial charge in [0.1, 0.15) is 5.75 Å². The van der Waals surface area contributed by atoms with Crippen molar-refractivity contribution in [2.45, 2.75) is 20.0 Å². The van der Waals surface area contributed by atoms with E-state index < -0.39 is 11.0 Å². The lowest BCUT2D eigenvalue weighted by molar-refractivity contribution is -0.384. The molecule has 0 spiro atoms. The highest BCUT2D eigenvalue weighted by Gasteiger charge is 2.19. The number of halogens is 1. The SMILES string of the molecule is Cc1ccc(C(=O)[C@H](C)Oc2ccc([N+](=O)[O-])cc2Cl)cc1. The van der Waals surface area contributed by atoms with Crippen LogP contribution in [0.5, 0.6) is 5.75 Å². The first-order chi connectivity index (χ1) is 10.4. The number of aryl methyl sites for hydroxylation is 1. The molecular formula is C16H14ClNO4. The van der Waals surface area contributed by atoms with Gasteiger partial charge in [-0.05, 0) is 19.9 Å². The first-order valence-corrected chi connectivity index (χ1v) is 6.98. The lowest BCUT2D eigenvalue weighted by Gasteiger charge is -2.14. The second-order valence-electron chi connectivity index (χ2n) is 4.86. The van der Waals surface area contributed by atoms with Gasteiger partial charge < -0.3 is 4.74 Å². The highest BCUT2D eigenvalue weighted by Crippen LogP contribution is 2.29. The number of ether oxygens (including phenoxy) is 1. The molecule has 6 heteroatoms. The lowest BCUT2D eigenvalue weighted by atomic mass is 10.1. The number of hydrogen-bond acceptors (Lipinski definition) is 4. The fourth-order valence-electron chi connectivity index (χ4n) is 1.90. The average Bonchev–Trinajstić information content (AvgIpc) is 2.49. The third-order valence-electron chi connectivity index (χ3n) is 3.14. The predicted octanol–water partition coefficient (Wildman–Crippen LogP) is 4.21. The van der Waals surface area contributed by atoms with Crippen LogP contribution in [0.3, 0.4) is 0 Å². The van der Waals surface area contributed by atoms with Crippen molar-refractivity contribution >= 4 is 23.1 Å². The Bertz CT molecular complexity index is 713. The molecule has 0 aromatic heterocycles. The summed E-state index contributed by atoms with van der Waals surface area (Å²) in [6, 6.07) is 11.0. The van der Waals surface area contributed by atoms with Gasteiger partial charge in [-0.1, -0.05) is 41.4 Å². The fourth-order valence-corrected chi connectivity index (χ4v) is 2.11. The van der Waals surface area contributed by atoms with Gasteiger partial charge in [-0.15, -0.1) is 0 Å². The average molecular weight is 320 g/mol. The summed E-state index contributed by atoms with van der Waals surface area (Å²) in [6.07, 6.45) is -0.748. The molecule has 0 N–H and O–H groups in total. The number of rotatable bonds is 5. The van der Waals surface area contributed by atoms with E-state index >= 15 is 0 Å². The number of benzene rings is 2. The summed E-state index contributed by atoms with van der Waals surface area (Å²) in [4.78, 5) is 22.4. The van der Waals surface area contributed by atoms with E-state index in [2.05, 4.69) is 0 Å². The lowest BCUT2D eigenvalue weighted by Crippen LogP contribution is -2.24. The van der Waals surface area contributed by atoms with Crippen LogP contribution in [0.15, 0.2) is 42.5 Å². The van der Waals surface area contributed by atoms with Gasteiger partial charge >= 0.3 is 0 Å². The van der Waals surface area contributed by atoms with Crippen LogP contribution in [0.25, 0.3) is 0 Å². The van der Waals surface area contributed by atoms with E-state index in [0.29, 0.717) is 5.56 Å². The van der Waals surface area contributed by atoms with Crippen molar-refractivity contribution in [2.75, 3.05) is 0 Å². The number of ketones is 1. The van der Waals surface area contributed by atoms with Crippen molar-refractivity contribution in [1.82, 2.24) is 0 Å². The molecule has 0 saturated carbocycles. The molecule has 0 saturated heterocycles. The highest BCUT2D eigenvalue weighted by atomic mass is 35.5. The summed E-state index contributed by atoms with van der Waals surface area (Å²) in [5.74, 6) is 0.0506. The highest BCUT2D eigenvalue weighted by molar-refractivity contribution is 6.32. The predicted molar refractivity (Wildman–Crippen MR) is 83.7 cm³/mol. The number of Topliss-reactive ketones (excluding diaryl/α,β-unsaturated/α-hetero) is 1. The van der Waals surface area contributed by atoms with Crippen molar-refractivity contribution in [1.29, 1.82) is 0 Å². The van der Waals surface area contributed by atoms with Crippen LogP contribution in [-0.2, 0) is 0 Å². The van der Waals surface area contributed by atoms with Gasteiger partial charge in [-0.3, -0.25) is 14.9 Å². The standard InChI is InChI=1S/C16H14ClNO4/c1-10-3-5-12(6-4-10)16(19)11(2)22-15-8-7-13(18(20)21)9-14(15)17/h3-9,11H,1-2H3/t11-/m0/s1. The third kappa shape index (κ3) is 3.62. The molecule has 0 aliphatic heterocycles. The smallest absolute Gasteiger partial charge is 0.271 e. The third-order valence-corrected chi connectivity index (χ3v) is 3.43. The minimum Gasteiger partial charge on any atom is -0.481 e. The van der Waals surface area contributed by atoms with Crippen LogP contribution in [0, 0.1) is 17.0 Å². The van der Waals surface area contributed by atoms with Gasteiger partial charge in [0.2, 0.25) is 5.78 Å². The van der Waals surface area contributed by atoms with Gasteiger partial charge in [0.15, 0.2) is 6.10 Å². The second-order valence-corrected chi connectivity index (χ2v) is 5.27. The summed E-state index contributed by atoms with van der Waals surface area (Å²) in [7, 11) is 0. The number of carbonyl (C=O) groups excluding carboxylic acids is 1. The number of non-ortho nitro benzene ring substituents is 1. The first-order valence-electron chi connectivity index (χ1n) is 6.60. The Morgan fingerprint density at radius 2 is 1.86 bits per heavy atom. The maximum Gasteiger partial charge on any atom is 0.271 e. The van der Waals surface area contributed by atoms with E-state index in [0.717, 1.165) is 5.56 Å². The van der Waals surface area contributed by atoms with E-state index in [4.69, 9.17) is 16.3 Å². The fraction of sp³-hybridized carbons (Fsp3) is 0.188. The van der Waals surface area contributed by atoms with Crippen molar-refractivity contribution in [3.63, 3.8) is 0 Å². The van der Waals surface area contributed by atoms with Gasteiger partial charge in [-0.2, -0.15) is 0 Å². The summed E-state index contributed by atoms with van der Waals surface area (Å²) in [6.45, 7) is 3.55. The van der Waals surface area contributed by atoms with Crippen molar-refractivity contribution < 1.29 is 14.5 Å². The molecule has 1 atom stereocenters. The Morgan fingerprint density at radius 1 is 1.23 bits per heavy atom. The van der Waals surface area contributed by atoms with Gasteiger partial charge in [0.05, 0.1) is 9.95 Å². The minimum absolute atomic E-state index is 0.0951. The van der Waals surface area contributed by atoms with Crippen molar-refractivity contribution in [3.8, 4) is 5.75 Å². The molecule has 0 fully saturated rings. The van der Waals surface area contributed by atoms with Crippen molar-refractivity contribution in [3.05, 3.63) is 68.7 Å². The van der Waals surface area contributed by atoms with E-state index in [9.17, 15) is 14.9 Å². The number of nitrogens with zero attached hydrogens (tertiary/aromatic N) is 1. The maximum absolute atomic E-state index is 12.3. The normalized spacial score (nSPS) is 11.8. The molecule has 0 aliphatic carbocycles. The number of nitro groups is 1. The molecule has 5 nitrogen and oxygen atoms in total. The van der Waals surface area contributed by atoms with Crippen LogP contribution >= 0.6 is 11.6 Å².